The summed E-state index contributed by atoms with van der Waals surface area (Å²) in [5.41, 5.74) is -0.415. The maximum absolute atomic E-state index is 15.1. The number of urea groups is 1. The molecule has 1 aliphatic heterocycles. The highest BCUT2D eigenvalue weighted by Crippen LogP contribution is 2.26. The normalized spacial score (nSPS) is 16.6. The molecule has 39 heavy (non-hydrogen) atoms. The highest BCUT2D eigenvalue weighted by Gasteiger charge is 2.42. The van der Waals surface area contributed by atoms with Gasteiger partial charge in [0.15, 0.2) is 5.82 Å². The van der Waals surface area contributed by atoms with Crippen molar-refractivity contribution in [1.29, 1.82) is 0 Å². The van der Waals surface area contributed by atoms with E-state index >= 15 is 4.39 Å². The standard InChI is InChI=1S/C26H25ClFN5O6/c1-3-39-25(36)16-7-10-23(34)31(14-16)17-8-9-20(19(28)12-17)30-24(35)21-13-18(38-2)15-32(21)26(37)33(27)22-6-4-5-11-29-22/h4-12,14,18,21H,3,13,15H2,1-2H3,(H,30,35). The SMILES string of the molecule is CCOC(=O)c1ccc(=O)n(-c2ccc(NC(=O)C3CC(OC)CN3C(=O)N(Cl)c3ccccn3)c(F)c2)c1. The topological polar surface area (TPSA) is 123 Å². The number of halogens is 2. The van der Waals surface area contributed by atoms with Crippen LogP contribution in [0.4, 0.5) is 20.7 Å². The van der Waals surface area contributed by atoms with Gasteiger partial charge in [0, 0.05) is 56.4 Å². The third kappa shape index (κ3) is 6.07. The molecular formula is C26H25ClFN5O6. The molecule has 11 nitrogen and oxygen atoms in total. The Morgan fingerprint density at radius 2 is 2.00 bits per heavy atom. The lowest BCUT2D eigenvalue weighted by Crippen LogP contribution is -2.47. The number of rotatable bonds is 7. The molecule has 204 valence electrons. The molecule has 0 radical (unpaired) electrons. The first-order valence-corrected chi connectivity index (χ1v) is 12.3. The number of amides is 3. The molecule has 0 bridgehead atoms. The van der Waals surface area contributed by atoms with E-state index in [1.165, 1.54) is 54.7 Å². The zero-order valence-corrected chi connectivity index (χ0v) is 21.8. The van der Waals surface area contributed by atoms with Gasteiger partial charge in [0.25, 0.3) is 5.56 Å². The van der Waals surface area contributed by atoms with Gasteiger partial charge >= 0.3 is 12.0 Å². The Kier molecular flexibility index (Phi) is 8.57. The largest absolute Gasteiger partial charge is 0.462 e. The Morgan fingerprint density at radius 3 is 2.67 bits per heavy atom. The highest BCUT2D eigenvalue weighted by atomic mass is 35.5. The molecule has 1 aromatic carbocycles. The van der Waals surface area contributed by atoms with E-state index in [0.717, 1.165) is 15.1 Å². The highest BCUT2D eigenvalue weighted by molar-refractivity contribution is 6.36. The predicted molar refractivity (Wildman–Crippen MR) is 140 cm³/mol. The van der Waals surface area contributed by atoms with Crippen molar-refractivity contribution in [2.45, 2.75) is 25.5 Å². The first-order chi connectivity index (χ1) is 18.7. The number of nitrogens with zero attached hydrogens (tertiary/aromatic N) is 4. The molecule has 3 heterocycles. The van der Waals surface area contributed by atoms with Crippen molar-refractivity contribution in [1.82, 2.24) is 14.5 Å². The van der Waals surface area contributed by atoms with Crippen LogP contribution in [0.2, 0.25) is 0 Å². The van der Waals surface area contributed by atoms with Crippen molar-refractivity contribution < 1.29 is 28.2 Å². The molecule has 3 aromatic rings. The molecule has 0 aliphatic carbocycles. The van der Waals surface area contributed by atoms with Crippen LogP contribution in [-0.2, 0) is 14.3 Å². The fraction of sp³-hybridized carbons (Fsp3) is 0.269. The second-order valence-electron chi connectivity index (χ2n) is 8.51. The van der Waals surface area contributed by atoms with Gasteiger partial charge in [-0.2, -0.15) is 4.42 Å². The molecule has 4 rings (SSSR count). The van der Waals surface area contributed by atoms with E-state index in [9.17, 15) is 19.2 Å². The third-order valence-corrected chi connectivity index (χ3v) is 6.39. The Bertz CT molecular complexity index is 1440. The minimum atomic E-state index is -1.00. The number of pyridine rings is 2. The van der Waals surface area contributed by atoms with Crippen molar-refractivity contribution in [3.63, 3.8) is 0 Å². The molecule has 1 aliphatic rings. The van der Waals surface area contributed by atoms with Crippen LogP contribution in [0.3, 0.4) is 0 Å². The number of benzene rings is 1. The summed E-state index contributed by atoms with van der Waals surface area (Å²) in [5.74, 6) is -1.93. The molecule has 2 aromatic heterocycles. The third-order valence-electron chi connectivity index (χ3n) is 6.07. The molecule has 13 heteroatoms. The van der Waals surface area contributed by atoms with E-state index in [1.807, 2.05) is 0 Å². The second-order valence-corrected chi connectivity index (χ2v) is 8.85. The van der Waals surface area contributed by atoms with Crippen LogP contribution in [0.1, 0.15) is 23.7 Å². The lowest BCUT2D eigenvalue weighted by atomic mass is 10.1. The predicted octanol–water partition coefficient (Wildman–Crippen LogP) is 3.36. The Balaban J connectivity index is 1.54. The zero-order chi connectivity index (χ0) is 28.1. The Morgan fingerprint density at radius 1 is 1.21 bits per heavy atom. The van der Waals surface area contributed by atoms with E-state index in [0.29, 0.717) is 0 Å². The van der Waals surface area contributed by atoms with Gasteiger partial charge in [-0.25, -0.2) is 19.0 Å². The van der Waals surface area contributed by atoms with Gasteiger partial charge in [0.1, 0.15) is 11.9 Å². The van der Waals surface area contributed by atoms with Crippen LogP contribution in [-0.4, -0.2) is 64.8 Å². The van der Waals surface area contributed by atoms with Gasteiger partial charge in [-0.05, 0) is 37.3 Å². The number of hydrogen-bond donors (Lipinski definition) is 1. The number of ether oxygens (including phenoxy) is 2. The minimum Gasteiger partial charge on any atom is -0.462 e. The summed E-state index contributed by atoms with van der Waals surface area (Å²) in [4.78, 5) is 56.0. The number of nitrogens with one attached hydrogen (secondary N) is 1. The molecule has 1 saturated heterocycles. The molecule has 1 fully saturated rings. The van der Waals surface area contributed by atoms with Crippen LogP contribution >= 0.6 is 11.8 Å². The number of esters is 1. The van der Waals surface area contributed by atoms with E-state index in [4.69, 9.17) is 21.3 Å². The van der Waals surface area contributed by atoms with Gasteiger partial charge in [-0.3, -0.25) is 14.2 Å². The molecule has 0 saturated carbocycles. The van der Waals surface area contributed by atoms with Gasteiger partial charge in [0.2, 0.25) is 5.91 Å². The molecule has 3 amide bonds. The number of likely N-dealkylation sites (tertiary alicyclic amines) is 1. The summed E-state index contributed by atoms with van der Waals surface area (Å²) in [7, 11) is 1.46. The van der Waals surface area contributed by atoms with Gasteiger partial charge in [-0.15, -0.1) is 0 Å². The monoisotopic (exact) mass is 557 g/mol. The maximum Gasteiger partial charge on any atom is 0.341 e. The second kappa shape index (κ2) is 12.0. The molecule has 0 spiro atoms. The maximum atomic E-state index is 15.1. The zero-order valence-electron chi connectivity index (χ0n) is 21.0. The average molecular weight is 558 g/mol. The smallest absolute Gasteiger partial charge is 0.341 e. The van der Waals surface area contributed by atoms with Gasteiger partial charge in [-0.1, -0.05) is 6.07 Å². The fourth-order valence-corrected chi connectivity index (χ4v) is 4.30. The van der Waals surface area contributed by atoms with Crippen LogP contribution < -0.4 is 15.3 Å². The number of anilines is 2. The summed E-state index contributed by atoms with van der Waals surface area (Å²) in [6, 6.07) is 9.39. The summed E-state index contributed by atoms with van der Waals surface area (Å²) >= 11 is 6.21. The molecule has 2 unspecified atom stereocenters. The summed E-state index contributed by atoms with van der Waals surface area (Å²) < 4.78 is 27.3. The van der Waals surface area contributed by atoms with E-state index in [2.05, 4.69) is 10.3 Å². The van der Waals surface area contributed by atoms with E-state index in [-0.39, 0.29) is 42.3 Å². The van der Waals surface area contributed by atoms with Crippen molar-refractivity contribution in [2.24, 2.45) is 0 Å². The molecule has 1 N–H and O–H groups in total. The van der Waals surface area contributed by atoms with E-state index in [1.54, 1.807) is 19.1 Å². The summed E-state index contributed by atoms with van der Waals surface area (Å²) in [6.07, 6.45) is 2.44. The number of methoxy groups -OCH3 is 1. The van der Waals surface area contributed by atoms with Crippen molar-refractivity contribution in [2.75, 3.05) is 30.0 Å². The Labute approximate surface area is 227 Å². The van der Waals surface area contributed by atoms with Crippen LogP contribution in [0.15, 0.2) is 65.7 Å². The first-order valence-electron chi connectivity index (χ1n) is 11.9. The molecule has 2 atom stereocenters. The number of carbonyl (C=O) groups excluding carboxylic acids is 3. The first kappa shape index (κ1) is 27.7. The van der Waals surface area contributed by atoms with Crippen molar-refractivity contribution >= 4 is 41.2 Å². The van der Waals surface area contributed by atoms with Gasteiger partial charge < -0.3 is 19.7 Å². The Hall–Kier alpha value is -4.29. The summed E-state index contributed by atoms with van der Waals surface area (Å²) in [6.45, 7) is 1.89. The van der Waals surface area contributed by atoms with Crippen LogP contribution in [0.5, 0.6) is 0 Å². The van der Waals surface area contributed by atoms with Crippen LogP contribution in [0, 0.1) is 5.82 Å². The van der Waals surface area contributed by atoms with Gasteiger partial charge in [0.05, 0.1) is 29.6 Å². The fourth-order valence-electron chi connectivity index (χ4n) is 4.10. The lowest BCUT2D eigenvalue weighted by molar-refractivity contribution is -0.119. The minimum absolute atomic E-state index is 0.0879. The quantitative estimate of drug-likeness (QED) is 0.349. The van der Waals surface area contributed by atoms with Crippen molar-refractivity contribution in [3.05, 3.63) is 82.7 Å². The summed E-state index contributed by atoms with van der Waals surface area (Å²) in [5, 5.41) is 2.50. The molecular weight excluding hydrogens is 533 g/mol. The van der Waals surface area contributed by atoms with E-state index < -0.39 is 41.4 Å². The van der Waals surface area contributed by atoms with Crippen molar-refractivity contribution in [3.8, 4) is 5.69 Å². The number of hydrogen-bond acceptors (Lipinski definition) is 7. The average Bonchev–Trinajstić information content (AvgIpc) is 3.39. The number of aromatic nitrogens is 2. The lowest BCUT2D eigenvalue weighted by Gasteiger charge is -2.26. The number of carbonyl (C=O) groups is 3. The van der Waals surface area contributed by atoms with Crippen LogP contribution in [0.25, 0.3) is 5.69 Å².